The molecule has 4 aliphatic rings. The first kappa shape index (κ1) is 14.7. The van der Waals surface area contributed by atoms with Gasteiger partial charge in [-0.1, -0.05) is 26.3 Å². The Balaban J connectivity index is 1.84. The second kappa shape index (κ2) is 4.80. The van der Waals surface area contributed by atoms with Crippen molar-refractivity contribution in [1.82, 2.24) is 0 Å². The van der Waals surface area contributed by atoms with Gasteiger partial charge in [0.05, 0.1) is 6.10 Å². The van der Waals surface area contributed by atoms with Gasteiger partial charge in [0.15, 0.2) is 5.78 Å². The molecule has 120 valence electrons. The lowest BCUT2D eigenvalue weighted by atomic mass is 9.52. The van der Waals surface area contributed by atoms with Gasteiger partial charge in [-0.05, 0) is 78.4 Å². The van der Waals surface area contributed by atoms with Gasteiger partial charge in [-0.15, -0.1) is 0 Å². The highest BCUT2D eigenvalue weighted by Crippen LogP contribution is 2.62. The number of carbonyl (C=O) groups is 1. The predicted octanol–water partition coefficient (Wildman–Crippen LogP) is 4.05. The lowest BCUT2D eigenvalue weighted by Gasteiger charge is -2.53. The summed E-state index contributed by atoms with van der Waals surface area (Å²) in [4.78, 5) is 11.8. The number of ketones is 1. The third kappa shape index (κ3) is 1.86. The third-order valence-electron chi connectivity index (χ3n) is 7.28. The average molecular weight is 300 g/mol. The van der Waals surface area contributed by atoms with Crippen LogP contribution in [0.25, 0.3) is 0 Å². The molecule has 1 N–H and O–H groups in total. The lowest BCUT2D eigenvalue weighted by molar-refractivity contribution is -0.114. The fourth-order valence-corrected chi connectivity index (χ4v) is 6.39. The summed E-state index contributed by atoms with van der Waals surface area (Å²) in [6.45, 7) is 7.05. The monoisotopic (exact) mass is 300 g/mol. The van der Waals surface area contributed by atoms with Gasteiger partial charge in [0.25, 0.3) is 0 Å². The van der Waals surface area contributed by atoms with Crippen LogP contribution in [0.15, 0.2) is 22.8 Å². The smallest absolute Gasteiger partial charge is 0.156 e. The molecular weight excluding hydrogens is 272 g/mol. The van der Waals surface area contributed by atoms with Crippen molar-refractivity contribution < 1.29 is 9.90 Å². The summed E-state index contributed by atoms with van der Waals surface area (Å²) in [6.07, 6.45) is 7.79. The molecule has 0 aliphatic heterocycles. The highest BCUT2D eigenvalue weighted by atomic mass is 16.3. The number of hydrogen-bond donors (Lipinski definition) is 1. The molecule has 2 fully saturated rings. The van der Waals surface area contributed by atoms with E-state index in [-0.39, 0.29) is 11.5 Å². The van der Waals surface area contributed by atoms with Crippen LogP contribution in [0.4, 0.5) is 0 Å². The van der Waals surface area contributed by atoms with E-state index in [0.717, 1.165) is 25.7 Å². The van der Waals surface area contributed by atoms with Gasteiger partial charge in [0.1, 0.15) is 0 Å². The van der Waals surface area contributed by atoms with Crippen molar-refractivity contribution >= 4 is 5.78 Å². The van der Waals surface area contributed by atoms with E-state index < -0.39 is 0 Å². The molecule has 0 aromatic heterocycles. The van der Waals surface area contributed by atoms with E-state index in [1.165, 1.54) is 17.6 Å². The van der Waals surface area contributed by atoms with E-state index >= 15 is 0 Å². The molecule has 2 nitrogen and oxygen atoms in total. The fourth-order valence-electron chi connectivity index (χ4n) is 6.39. The Morgan fingerprint density at radius 3 is 2.77 bits per heavy atom. The minimum absolute atomic E-state index is 0.105. The first-order chi connectivity index (χ1) is 10.4. The first-order valence-electron chi connectivity index (χ1n) is 9.06. The number of hydrogen-bond acceptors (Lipinski definition) is 2. The molecule has 0 aromatic rings. The van der Waals surface area contributed by atoms with Crippen molar-refractivity contribution in [3.05, 3.63) is 22.8 Å². The van der Waals surface area contributed by atoms with Crippen molar-refractivity contribution in [1.29, 1.82) is 0 Å². The summed E-state index contributed by atoms with van der Waals surface area (Å²) in [7, 11) is 0. The Bertz CT molecular complexity index is 585. The van der Waals surface area contributed by atoms with E-state index in [0.29, 0.717) is 35.9 Å². The molecule has 4 rings (SSSR count). The van der Waals surface area contributed by atoms with Crippen LogP contribution in [0.2, 0.25) is 0 Å². The van der Waals surface area contributed by atoms with Gasteiger partial charge in [-0.25, -0.2) is 0 Å². The minimum atomic E-state index is -0.122. The van der Waals surface area contributed by atoms with Gasteiger partial charge in [0, 0.05) is 6.42 Å². The van der Waals surface area contributed by atoms with Crippen LogP contribution >= 0.6 is 0 Å². The second-order valence-electron chi connectivity index (χ2n) is 8.59. The largest absolute Gasteiger partial charge is 0.393 e. The zero-order valence-corrected chi connectivity index (χ0v) is 14.1. The van der Waals surface area contributed by atoms with Crippen molar-refractivity contribution in [2.45, 2.75) is 65.4 Å². The van der Waals surface area contributed by atoms with E-state index in [2.05, 4.69) is 20.8 Å². The maximum Gasteiger partial charge on any atom is 0.156 e. The Hall–Kier alpha value is -0.890. The standard InChI is InChI=1S/C20H28O2/c1-11-8-13-9-14(21)4-5-15(13)18-12(2)10-20(3)16(19(11)18)6-7-17(20)22/h9,11-12,16-17,19,22H,4-8,10H2,1-3H3/t11?,12?,16-,17?,19-,20-/m0/s1. The number of fused-ring (bicyclic) bond motifs is 4. The van der Waals surface area contributed by atoms with Gasteiger partial charge < -0.3 is 5.11 Å². The topological polar surface area (TPSA) is 37.3 Å². The Labute approximate surface area is 133 Å². The lowest BCUT2D eigenvalue weighted by Crippen LogP contribution is -2.47. The average Bonchev–Trinajstić information content (AvgIpc) is 2.74. The summed E-state index contributed by atoms with van der Waals surface area (Å²) in [5.74, 6) is 2.73. The molecule has 0 bridgehead atoms. The van der Waals surface area contributed by atoms with Gasteiger partial charge in [-0.3, -0.25) is 4.79 Å². The zero-order valence-electron chi connectivity index (χ0n) is 14.1. The maximum absolute atomic E-state index is 11.8. The predicted molar refractivity (Wildman–Crippen MR) is 87.2 cm³/mol. The molecule has 0 amide bonds. The molecule has 0 saturated heterocycles. The minimum Gasteiger partial charge on any atom is -0.393 e. The van der Waals surface area contributed by atoms with Crippen molar-refractivity contribution in [3.63, 3.8) is 0 Å². The molecule has 0 heterocycles. The second-order valence-corrected chi connectivity index (χ2v) is 8.59. The molecule has 0 radical (unpaired) electrons. The molecule has 22 heavy (non-hydrogen) atoms. The normalized spacial score (nSPS) is 47.7. The van der Waals surface area contributed by atoms with Crippen LogP contribution in [-0.4, -0.2) is 17.0 Å². The van der Waals surface area contributed by atoms with Crippen LogP contribution in [0.5, 0.6) is 0 Å². The summed E-state index contributed by atoms with van der Waals surface area (Å²) >= 11 is 0. The first-order valence-corrected chi connectivity index (χ1v) is 9.06. The Kier molecular flexibility index (Phi) is 3.21. The molecular formula is C20H28O2. The quantitative estimate of drug-likeness (QED) is 0.733. The van der Waals surface area contributed by atoms with Crippen molar-refractivity contribution in [2.24, 2.45) is 29.1 Å². The Morgan fingerprint density at radius 2 is 2.00 bits per heavy atom. The highest BCUT2D eigenvalue weighted by molar-refractivity contribution is 5.93. The Morgan fingerprint density at radius 1 is 1.23 bits per heavy atom. The van der Waals surface area contributed by atoms with Gasteiger partial charge in [0.2, 0.25) is 0 Å². The summed E-state index contributed by atoms with van der Waals surface area (Å²) in [6, 6.07) is 0. The molecule has 0 aromatic carbocycles. The highest BCUT2D eigenvalue weighted by Gasteiger charge is 2.56. The zero-order chi connectivity index (χ0) is 15.6. The number of carbonyl (C=O) groups excluding carboxylic acids is 1. The molecule has 2 heteroatoms. The van der Waals surface area contributed by atoms with Gasteiger partial charge in [-0.2, -0.15) is 0 Å². The molecule has 6 atom stereocenters. The number of rotatable bonds is 0. The molecule has 3 unspecified atom stereocenters. The summed E-state index contributed by atoms with van der Waals surface area (Å²) in [5.41, 5.74) is 4.63. The fraction of sp³-hybridized carbons (Fsp3) is 0.750. The van der Waals surface area contributed by atoms with Gasteiger partial charge >= 0.3 is 0 Å². The molecule has 4 aliphatic carbocycles. The van der Waals surface area contributed by atoms with E-state index in [1.54, 1.807) is 5.57 Å². The molecule has 2 saturated carbocycles. The summed E-state index contributed by atoms with van der Waals surface area (Å²) < 4.78 is 0. The third-order valence-corrected chi connectivity index (χ3v) is 7.28. The van der Waals surface area contributed by atoms with Crippen molar-refractivity contribution in [2.75, 3.05) is 0 Å². The summed E-state index contributed by atoms with van der Waals surface area (Å²) in [5, 5.41) is 10.6. The van der Waals surface area contributed by atoms with E-state index in [9.17, 15) is 9.90 Å². The maximum atomic E-state index is 11.8. The van der Waals surface area contributed by atoms with Crippen LogP contribution in [-0.2, 0) is 4.79 Å². The van der Waals surface area contributed by atoms with Crippen LogP contribution in [0.3, 0.4) is 0 Å². The van der Waals surface area contributed by atoms with Crippen molar-refractivity contribution in [3.8, 4) is 0 Å². The van der Waals surface area contributed by atoms with E-state index in [1.807, 2.05) is 6.08 Å². The number of aliphatic hydroxyl groups excluding tert-OH is 1. The van der Waals surface area contributed by atoms with Crippen LogP contribution in [0.1, 0.15) is 59.3 Å². The SMILES string of the molecule is CC1C[C@]2(C)C(O)CC[C@H]2[C@H]2C1=C1CCC(=O)C=C1CC2C. The van der Waals surface area contributed by atoms with Crippen LogP contribution < -0.4 is 0 Å². The van der Waals surface area contributed by atoms with Crippen LogP contribution in [0, 0.1) is 29.1 Å². The number of aliphatic hydroxyl groups is 1. The molecule has 0 spiro atoms. The number of allylic oxidation sites excluding steroid dienone is 4. The van der Waals surface area contributed by atoms with E-state index in [4.69, 9.17) is 0 Å².